The predicted molar refractivity (Wildman–Crippen MR) is 110 cm³/mol. The molecule has 7 heteroatoms. The molecule has 0 fully saturated rings. The lowest BCUT2D eigenvalue weighted by Gasteiger charge is -2.43. The standard InChI is InChI=1S/C18H33O4PSSi/c1-12(2)25(13(3)4,14(5)6)22-18-15(7)9-17(10-16(18)8)24-11-23(19,20)21/h9-10,12-14H,11H2,1-8H3,(H2,19,20,21). The largest absolute Gasteiger partial charge is 0.542 e. The molecule has 0 aliphatic rings. The van der Waals surface area contributed by atoms with E-state index in [4.69, 9.17) is 14.2 Å². The van der Waals surface area contributed by atoms with Crippen molar-refractivity contribution in [2.45, 2.75) is 76.9 Å². The Morgan fingerprint density at radius 3 is 1.72 bits per heavy atom. The van der Waals surface area contributed by atoms with E-state index < -0.39 is 15.9 Å². The average molecular weight is 405 g/mol. The molecular formula is C18H33O4PSSi. The van der Waals surface area contributed by atoms with E-state index in [1.54, 1.807) is 0 Å². The summed E-state index contributed by atoms with van der Waals surface area (Å²) in [6.07, 6.45) is 0. The van der Waals surface area contributed by atoms with Crippen molar-refractivity contribution >= 4 is 27.7 Å². The first-order chi connectivity index (χ1) is 11.3. The molecule has 0 radical (unpaired) electrons. The number of rotatable bonds is 8. The molecule has 0 atom stereocenters. The highest BCUT2D eigenvalue weighted by molar-refractivity contribution is 8.04. The second-order valence-corrected chi connectivity index (χ2v) is 16.2. The number of thioether (sulfide) groups is 1. The first kappa shape index (κ1) is 22.8. The van der Waals surface area contributed by atoms with E-state index in [0.29, 0.717) is 16.6 Å². The molecule has 25 heavy (non-hydrogen) atoms. The minimum Gasteiger partial charge on any atom is -0.542 e. The third-order valence-electron chi connectivity index (χ3n) is 4.82. The molecule has 0 bridgehead atoms. The molecule has 1 aromatic carbocycles. The van der Waals surface area contributed by atoms with Gasteiger partial charge in [0.15, 0.2) is 0 Å². The molecular weight excluding hydrogens is 371 g/mol. The summed E-state index contributed by atoms with van der Waals surface area (Å²) in [7, 11) is -6.04. The van der Waals surface area contributed by atoms with Crippen LogP contribution in [0.25, 0.3) is 0 Å². The van der Waals surface area contributed by atoms with Crippen LogP contribution in [0, 0.1) is 13.8 Å². The van der Waals surface area contributed by atoms with Crippen molar-refractivity contribution in [3.05, 3.63) is 23.3 Å². The van der Waals surface area contributed by atoms with Crippen LogP contribution < -0.4 is 4.43 Å². The zero-order valence-corrected chi connectivity index (χ0v) is 19.4. The van der Waals surface area contributed by atoms with Gasteiger partial charge in [-0.2, -0.15) is 0 Å². The lowest BCUT2D eigenvalue weighted by atomic mass is 10.1. The molecule has 1 aromatic rings. The van der Waals surface area contributed by atoms with Crippen molar-refractivity contribution in [3.63, 3.8) is 0 Å². The Bertz CT molecular complexity index is 595. The van der Waals surface area contributed by atoms with Crippen molar-refractivity contribution in [1.82, 2.24) is 0 Å². The van der Waals surface area contributed by atoms with Gasteiger partial charge in [0, 0.05) is 4.90 Å². The van der Waals surface area contributed by atoms with Gasteiger partial charge in [-0.05, 0) is 53.7 Å². The maximum absolute atomic E-state index is 11.1. The van der Waals surface area contributed by atoms with E-state index in [1.165, 1.54) is 11.8 Å². The molecule has 0 saturated carbocycles. The van der Waals surface area contributed by atoms with Gasteiger partial charge >= 0.3 is 7.60 Å². The zero-order valence-electron chi connectivity index (χ0n) is 16.7. The van der Waals surface area contributed by atoms with E-state index in [-0.39, 0.29) is 5.49 Å². The molecule has 0 aliphatic carbocycles. The minimum absolute atomic E-state index is 0.200. The fraction of sp³-hybridized carbons (Fsp3) is 0.667. The molecule has 0 spiro atoms. The Labute approximate surface area is 158 Å². The van der Waals surface area contributed by atoms with E-state index in [2.05, 4.69) is 41.5 Å². The lowest BCUT2D eigenvalue weighted by molar-refractivity contribution is 0.379. The third-order valence-corrected chi connectivity index (χ3v) is 13.2. The molecule has 4 nitrogen and oxygen atoms in total. The van der Waals surface area contributed by atoms with Crippen LogP contribution in [-0.4, -0.2) is 23.6 Å². The summed E-state index contributed by atoms with van der Waals surface area (Å²) >= 11 is 1.19. The van der Waals surface area contributed by atoms with Crippen molar-refractivity contribution in [2.75, 3.05) is 5.49 Å². The zero-order chi connectivity index (χ0) is 19.6. The molecule has 0 heterocycles. The average Bonchev–Trinajstić information content (AvgIpc) is 2.42. The number of hydrogen-bond acceptors (Lipinski definition) is 3. The van der Waals surface area contributed by atoms with E-state index in [0.717, 1.165) is 21.8 Å². The molecule has 0 aromatic heterocycles. The number of benzene rings is 1. The van der Waals surface area contributed by atoms with Crippen molar-refractivity contribution in [3.8, 4) is 5.75 Å². The fourth-order valence-electron chi connectivity index (χ4n) is 3.84. The SMILES string of the molecule is Cc1cc(SCP(=O)(O)O)cc(C)c1O[Si](C(C)C)(C(C)C)C(C)C. The summed E-state index contributed by atoms with van der Waals surface area (Å²) in [6, 6.07) is 3.95. The Kier molecular flexibility index (Phi) is 7.85. The van der Waals surface area contributed by atoms with Crippen LogP contribution in [0.1, 0.15) is 52.7 Å². The molecule has 0 unspecified atom stereocenters. The van der Waals surface area contributed by atoms with Crippen LogP contribution >= 0.6 is 19.4 Å². The molecule has 144 valence electrons. The fourth-order valence-corrected chi connectivity index (χ4v) is 11.0. The van der Waals surface area contributed by atoms with Gasteiger partial charge in [-0.25, -0.2) is 0 Å². The summed E-state index contributed by atoms with van der Waals surface area (Å²) in [5.41, 5.74) is 3.36. The second kappa shape index (κ2) is 8.62. The van der Waals surface area contributed by atoms with Crippen molar-refractivity contribution in [1.29, 1.82) is 0 Å². The van der Waals surface area contributed by atoms with Gasteiger partial charge in [-0.15, -0.1) is 11.8 Å². The first-order valence-corrected chi connectivity index (χ1v) is 13.7. The van der Waals surface area contributed by atoms with E-state index in [1.807, 2.05) is 26.0 Å². The van der Waals surface area contributed by atoms with Crippen LogP contribution in [0.5, 0.6) is 5.75 Å². The van der Waals surface area contributed by atoms with Gasteiger partial charge in [-0.1, -0.05) is 41.5 Å². The molecule has 0 aliphatic heterocycles. The Morgan fingerprint density at radius 1 is 1.00 bits per heavy atom. The summed E-state index contributed by atoms with van der Waals surface area (Å²) in [6.45, 7) is 17.6. The smallest absolute Gasteiger partial charge is 0.335 e. The number of aryl methyl sites for hydroxylation is 2. The Morgan fingerprint density at radius 2 is 1.40 bits per heavy atom. The highest BCUT2D eigenvalue weighted by atomic mass is 32.2. The topological polar surface area (TPSA) is 66.8 Å². The normalized spacial score (nSPS) is 13.2. The van der Waals surface area contributed by atoms with Crippen molar-refractivity contribution < 1.29 is 18.8 Å². The summed E-state index contributed by atoms with van der Waals surface area (Å²) in [5.74, 6) is 0.947. The minimum atomic E-state index is -4.01. The summed E-state index contributed by atoms with van der Waals surface area (Å²) < 4.78 is 17.9. The Hall–Kier alpha value is -0.263. The lowest BCUT2D eigenvalue weighted by Crippen LogP contribution is -2.51. The van der Waals surface area contributed by atoms with Gasteiger partial charge < -0.3 is 14.2 Å². The van der Waals surface area contributed by atoms with Crippen LogP contribution in [0.2, 0.25) is 16.6 Å². The maximum Gasteiger partial charge on any atom is 0.335 e. The summed E-state index contributed by atoms with van der Waals surface area (Å²) in [4.78, 5) is 19.0. The van der Waals surface area contributed by atoms with Gasteiger partial charge in [-0.3, -0.25) is 4.57 Å². The summed E-state index contributed by atoms with van der Waals surface area (Å²) in [5, 5.41) is 0. The highest BCUT2D eigenvalue weighted by Crippen LogP contribution is 2.46. The molecule has 0 saturated heterocycles. The predicted octanol–water partition coefficient (Wildman–Crippen LogP) is 6.09. The third kappa shape index (κ3) is 5.60. The molecule has 0 amide bonds. The monoisotopic (exact) mass is 404 g/mol. The number of hydrogen-bond donors (Lipinski definition) is 2. The second-order valence-electron chi connectivity index (χ2n) is 7.74. The van der Waals surface area contributed by atoms with Gasteiger partial charge in [0.25, 0.3) is 8.32 Å². The quantitative estimate of drug-likeness (QED) is 0.312. The van der Waals surface area contributed by atoms with Crippen LogP contribution in [-0.2, 0) is 4.57 Å². The van der Waals surface area contributed by atoms with Crippen molar-refractivity contribution in [2.24, 2.45) is 0 Å². The van der Waals surface area contributed by atoms with Gasteiger partial charge in [0.05, 0.1) is 0 Å². The van der Waals surface area contributed by atoms with Crippen LogP contribution in [0.4, 0.5) is 0 Å². The van der Waals surface area contributed by atoms with Crippen LogP contribution in [0.3, 0.4) is 0 Å². The first-order valence-electron chi connectivity index (χ1n) is 8.78. The van der Waals surface area contributed by atoms with Crippen LogP contribution in [0.15, 0.2) is 17.0 Å². The Balaban J connectivity index is 3.23. The molecule has 1 rings (SSSR count). The van der Waals surface area contributed by atoms with E-state index >= 15 is 0 Å². The van der Waals surface area contributed by atoms with E-state index in [9.17, 15) is 4.57 Å². The van der Waals surface area contributed by atoms with Gasteiger partial charge in [0.2, 0.25) is 0 Å². The molecule has 2 N–H and O–H groups in total. The maximum atomic E-state index is 11.1. The highest BCUT2D eigenvalue weighted by Gasteiger charge is 2.47. The van der Waals surface area contributed by atoms with Gasteiger partial charge in [0.1, 0.15) is 11.2 Å².